The van der Waals surface area contributed by atoms with E-state index in [4.69, 9.17) is 0 Å². The van der Waals surface area contributed by atoms with Crippen LogP contribution in [0.2, 0.25) is 0 Å². The van der Waals surface area contributed by atoms with Crippen LogP contribution in [-0.2, 0) is 16.1 Å². The van der Waals surface area contributed by atoms with Crippen molar-refractivity contribution in [2.24, 2.45) is 0 Å². The van der Waals surface area contributed by atoms with E-state index in [2.05, 4.69) is 10.3 Å². The monoisotopic (exact) mass is 358 g/mol. The molecule has 3 rings (SSSR count). The van der Waals surface area contributed by atoms with Crippen LogP contribution in [0.3, 0.4) is 0 Å². The summed E-state index contributed by atoms with van der Waals surface area (Å²) in [7, 11) is 0. The minimum Gasteiger partial charge on any atom is -0.324 e. The second-order valence-corrected chi connectivity index (χ2v) is 6.06. The summed E-state index contributed by atoms with van der Waals surface area (Å²) in [5.41, 5.74) is 2.16. The second-order valence-electron chi connectivity index (χ2n) is 6.06. The maximum atomic E-state index is 14.1. The van der Waals surface area contributed by atoms with Gasteiger partial charge < -0.3 is 10.1 Å². The fourth-order valence-corrected chi connectivity index (χ4v) is 2.90. The highest BCUT2D eigenvalue weighted by Crippen LogP contribution is 2.24. The first kappa shape index (κ1) is 17.8. The second kappa shape index (κ2) is 7.11. The number of fused-ring (bicyclic) bond motifs is 2. The quantitative estimate of drug-likeness (QED) is 0.562. The molecule has 0 saturated heterocycles. The lowest BCUT2D eigenvalue weighted by Gasteiger charge is -2.09. The van der Waals surface area contributed by atoms with Gasteiger partial charge in [0.15, 0.2) is 5.52 Å². The van der Waals surface area contributed by atoms with Gasteiger partial charge in [0.2, 0.25) is 16.9 Å². The summed E-state index contributed by atoms with van der Waals surface area (Å²) in [5.74, 6) is -1.44. The first-order chi connectivity index (χ1) is 12.4. The number of nitrogens with one attached hydrogen (secondary N) is 1. The van der Waals surface area contributed by atoms with Crippen molar-refractivity contribution in [1.29, 1.82) is 0 Å². The topological polar surface area (TPSA) is 62.9 Å². The van der Waals surface area contributed by atoms with E-state index in [1.807, 2.05) is 6.92 Å². The number of carbonyl (C=O) groups is 2. The van der Waals surface area contributed by atoms with E-state index in [0.29, 0.717) is 28.6 Å². The maximum absolute atomic E-state index is 14.1. The van der Waals surface area contributed by atoms with E-state index < -0.39 is 17.5 Å². The lowest BCUT2D eigenvalue weighted by molar-refractivity contribution is -0.641. The van der Waals surface area contributed by atoms with Crippen LogP contribution in [-0.4, -0.2) is 16.7 Å². The van der Waals surface area contributed by atoms with Crippen LogP contribution < -0.4 is 9.88 Å². The number of aromatic nitrogens is 2. The SMILES string of the molecule is CC[n+]1c2cc(F)ccc2nc2c(NC(=O)CCC(C)=O)cc(F)cc21. The van der Waals surface area contributed by atoms with Gasteiger partial charge in [0, 0.05) is 31.0 Å². The highest BCUT2D eigenvalue weighted by Gasteiger charge is 2.20. The van der Waals surface area contributed by atoms with Crippen molar-refractivity contribution in [3.05, 3.63) is 42.0 Å². The van der Waals surface area contributed by atoms with Gasteiger partial charge in [-0.3, -0.25) is 4.79 Å². The standard InChI is InChI=1S/C19H17F2N3O2/c1-3-24-16-9-12(20)5-6-14(16)23-19-15(8-13(21)10-17(19)24)22-18(26)7-4-11(2)25/h5-6,8-10H,3-4,7H2,1-2H3/p+1. The zero-order valence-electron chi connectivity index (χ0n) is 14.5. The Balaban J connectivity index is 2.16. The molecule has 0 aliphatic carbocycles. The van der Waals surface area contributed by atoms with Crippen LogP contribution in [0.5, 0.6) is 0 Å². The number of hydrogen-bond acceptors (Lipinski definition) is 3. The molecule has 0 atom stereocenters. The van der Waals surface area contributed by atoms with Crippen molar-refractivity contribution < 1.29 is 22.9 Å². The summed E-state index contributed by atoms with van der Waals surface area (Å²) < 4.78 is 29.5. The van der Waals surface area contributed by atoms with Gasteiger partial charge in [0.25, 0.3) is 0 Å². The Bertz CT molecular complexity index is 1030. The van der Waals surface area contributed by atoms with Gasteiger partial charge in [-0.25, -0.2) is 13.8 Å². The zero-order chi connectivity index (χ0) is 18.8. The summed E-state index contributed by atoms with van der Waals surface area (Å²) in [6.07, 6.45) is 0.129. The molecule has 2 aromatic carbocycles. The number of aryl methyl sites for hydroxylation is 1. The number of anilines is 1. The predicted octanol–water partition coefficient (Wildman–Crippen LogP) is 3.28. The molecule has 0 unspecified atom stereocenters. The molecular formula is C19H18F2N3O2+. The summed E-state index contributed by atoms with van der Waals surface area (Å²) in [5, 5.41) is 2.63. The molecule has 7 heteroatoms. The summed E-state index contributed by atoms with van der Waals surface area (Å²) in [6, 6.07) is 6.69. The number of benzene rings is 2. The highest BCUT2D eigenvalue weighted by atomic mass is 19.1. The molecule has 0 fully saturated rings. The molecule has 1 heterocycles. The third-order valence-corrected chi connectivity index (χ3v) is 4.10. The van der Waals surface area contributed by atoms with Crippen LogP contribution in [0.25, 0.3) is 22.1 Å². The van der Waals surface area contributed by atoms with Crippen molar-refractivity contribution in [3.63, 3.8) is 0 Å². The Kier molecular flexibility index (Phi) is 4.88. The lowest BCUT2D eigenvalue weighted by atomic mass is 10.2. The van der Waals surface area contributed by atoms with Crippen molar-refractivity contribution in [1.82, 2.24) is 4.98 Å². The Morgan fingerprint density at radius 1 is 1.08 bits per heavy atom. The third kappa shape index (κ3) is 3.51. The van der Waals surface area contributed by atoms with Crippen LogP contribution >= 0.6 is 0 Å². The van der Waals surface area contributed by atoms with Crippen LogP contribution in [0.1, 0.15) is 26.7 Å². The highest BCUT2D eigenvalue weighted by molar-refractivity contribution is 6.00. The van der Waals surface area contributed by atoms with Crippen LogP contribution in [0.4, 0.5) is 14.5 Å². The van der Waals surface area contributed by atoms with Crippen molar-refractivity contribution in [2.45, 2.75) is 33.2 Å². The van der Waals surface area contributed by atoms with Crippen molar-refractivity contribution >= 4 is 39.4 Å². The zero-order valence-corrected chi connectivity index (χ0v) is 14.5. The first-order valence-corrected chi connectivity index (χ1v) is 8.30. The van der Waals surface area contributed by atoms with E-state index in [0.717, 1.165) is 0 Å². The van der Waals surface area contributed by atoms with E-state index >= 15 is 0 Å². The molecule has 1 aromatic heterocycles. The number of Topliss-reactive ketones (excluding diaryl/α,β-unsaturated/α-hetero) is 1. The Hall–Kier alpha value is -2.96. The van der Waals surface area contributed by atoms with Crippen LogP contribution in [0.15, 0.2) is 30.3 Å². The molecule has 0 aliphatic rings. The minimum absolute atomic E-state index is 0.0138. The Morgan fingerprint density at radius 2 is 1.81 bits per heavy atom. The van der Waals surface area contributed by atoms with E-state index in [-0.39, 0.29) is 24.3 Å². The number of carbonyl (C=O) groups excluding carboxylic acids is 2. The number of ketones is 1. The largest absolute Gasteiger partial charge is 0.324 e. The molecule has 0 aliphatic heterocycles. The molecule has 3 aromatic rings. The van der Waals surface area contributed by atoms with Gasteiger partial charge >= 0.3 is 0 Å². The molecule has 0 radical (unpaired) electrons. The predicted molar refractivity (Wildman–Crippen MR) is 93.6 cm³/mol. The van der Waals surface area contributed by atoms with Crippen molar-refractivity contribution in [3.8, 4) is 0 Å². The summed E-state index contributed by atoms with van der Waals surface area (Å²) in [6.45, 7) is 3.74. The number of rotatable bonds is 5. The molecule has 1 amide bonds. The molecule has 134 valence electrons. The van der Waals surface area contributed by atoms with Gasteiger partial charge in [-0.1, -0.05) is 0 Å². The average molecular weight is 358 g/mol. The number of halogens is 2. The fraction of sp³-hybridized carbons (Fsp3) is 0.263. The number of hydrogen-bond donors (Lipinski definition) is 1. The molecule has 0 spiro atoms. The minimum atomic E-state index is -0.542. The van der Waals surface area contributed by atoms with Gasteiger partial charge in [-0.2, -0.15) is 4.57 Å². The lowest BCUT2D eigenvalue weighted by Crippen LogP contribution is -2.35. The molecule has 5 nitrogen and oxygen atoms in total. The molecule has 26 heavy (non-hydrogen) atoms. The third-order valence-electron chi connectivity index (χ3n) is 4.10. The molecular weight excluding hydrogens is 340 g/mol. The normalized spacial score (nSPS) is 11.1. The van der Waals surface area contributed by atoms with Gasteiger partial charge in [0.05, 0.1) is 5.69 Å². The molecule has 1 N–H and O–H groups in total. The first-order valence-electron chi connectivity index (χ1n) is 8.30. The number of amides is 1. The molecule has 0 bridgehead atoms. The fourth-order valence-electron chi connectivity index (χ4n) is 2.90. The van der Waals surface area contributed by atoms with E-state index in [1.165, 1.54) is 31.2 Å². The van der Waals surface area contributed by atoms with Crippen LogP contribution in [0, 0.1) is 11.6 Å². The Labute approximate surface area is 148 Å². The van der Waals surface area contributed by atoms with E-state index in [1.54, 1.807) is 10.6 Å². The van der Waals surface area contributed by atoms with E-state index in [9.17, 15) is 18.4 Å². The van der Waals surface area contributed by atoms with Gasteiger partial charge in [-0.05, 0) is 26.0 Å². The molecule has 0 saturated carbocycles. The summed E-state index contributed by atoms with van der Waals surface area (Å²) in [4.78, 5) is 27.6. The van der Waals surface area contributed by atoms with Gasteiger partial charge in [0.1, 0.15) is 29.5 Å². The van der Waals surface area contributed by atoms with Gasteiger partial charge in [-0.15, -0.1) is 0 Å². The number of nitrogens with zero attached hydrogens (tertiary/aromatic N) is 2. The van der Waals surface area contributed by atoms with Crippen molar-refractivity contribution in [2.75, 3.05) is 5.32 Å². The maximum Gasteiger partial charge on any atom is 0.236 e. The Morgan fingerprint density at radius 3 is 2.50 bits per heavy atom. The summed E-state index contributed by atoms with van der Waals surface area (Å²) >= 11 is 0. The average Bonchev–Trinajstić information content (AvgIpc) is 2.58. The smallest absolute Gasteiger partial charge is 0.236 e.